The zero-order chi connectivity index (χ0) is 8.10. The third-order valence-corrected chi connectivity index (χ3v) is 2.45. The molecule has 0 saturated carbocycles. The molecule has 1 heterocycles. The van der Waals surface area contributed by atoms with E-state index in [4.69, 9.17) is 10.8 Å². The maximum Gasteiger partial charge on any atom is 0.0445 e. The lowest BCUT2D eigenvalue weighted by Crippen LogP contribution is -2.38. The van der Waals surface area contributed by atoms with Gasteiger partial charge in [-0.2, -0.15) is 0 Å². The number of piperidine rings is 1. The van der Waals surface area contributed by atoms with E-state index in [0.29, 0.717) is 5.92 Å². The van der Waals surface area contributed by atoms with Gasteiger partial charge < -0.3 is 16.2 Å². The summed E-state index contributed by atoms with van der Waals surface area (Å²) in [4.78, 5) is 0. The minimum Gasteiger partial charge on any atom is -0.396 e. The Kier molecular flexibility index (Phi) is 3.83. The molecule has 0 aromatic rings. The Morgan fingerprint density at radius 1 is 1.45 bits per heavy atom. The lowest BCUT2D eigenvalue weighted by atomic mass is 9.89. The minimum absolute atomic E-state index is 0.210. The summed E-state index contributed by atoms with van der Waals surface area (Å²) in [6, 6.07) is 0.210. The molecule has 11 heavy (non-hydrogen) atoms. The molecule has 0 unspecified atom stereocenters. The van der Waals surface area contributed by atoms with Crippen LogP contribution < -0.4 is 11.1 Å². The van der Waals surface area contributed by atoms with Gasteiger partial charge in [0.1, 0.15) is 0 Å². The molecule has 0 radical (unpaired) electrons. The zero-order valence-electron chi connectivity index (χ0n) is 6.92. The van der Waals surface area contributed by atoms with Crippen LogP contribution in [0.3, 0.4) is 0 Å². The Hall–Kier alpha value is -0.120. The summed E-state index contributed by atoms with van der Waals surface area (Å²) in [6.07, 6.45) is 3.09. The van der Waals surface area contributed by atoms with Crippen LogP contribution in [0.25, 0.3) is 0 Å². The molecule has 1 atom stereocenters. The molecule has 1 fully saturated rings. The molecule has 1 rings (SSSR count). The maximum absolute atomic E-state index is 8.67. The van der Waals surface area contributed by atoms with E-state index in [1.165, 1.54) is 12.8 Å². The van der Waals surface area contributed by atoms with Gasteiger partial charge in [-0.05, 0) is 38.3 Å². The molecule has 0 aliphatic carbocycles. The number of aliphatic hydroxyl groups excluding tert-OH is 1. The number of aliphatic hydroxyl groups is 1. The minimum atomic E-state index is 0.210. The van der Waals surface area contributed by atoms with E-state index in [2.05, 4.69) is 5.32 Å². The van der Waals surface area contributed by atoms with Gasteiger partial charge in [0, 0.05) is 12.6 Å². The Bertz CT molecular complexity index is 102. The second kappa shape index (κ2) is 4.70. The van der Waals surface area contributed by atoms with E-state index >= 15 is 0 Å². The molecule has 3 heteroatoms. The highest BCUT2D eigenvalue weighted by Gasteiger charge is 2.19. The summed E-state index contributed by atoms with van der Waals surface area (Å²) in [5.74, 6) is 0.628. The van der Waals surface area contributed by atoms with Gasteiger partial charge in [0.15, 0.2) is 0 Å². The molecule has 1 saturated heterocycles. The highest BCUT2D eigenvalue weighted by Crippen LogP contribution is 2.16. The van der Waals surface area contributed by atoms with Crippen molar-refractivity contribution < 1.29 is 5.11 Å². The van der Waals surface area contributed by atoms with Crippen LogP contribution in [0.1, 0.15) is 19.3 Å². The second-order valence-corrected chi connectivity index (χ2v) is 3.26. The Morgan fingerprint density at radius 3 is 2.64 bits per heavy atom. The van der Waals surface area contributed by atoms with E-state index in [9.17, 15) is 0 Å². The predicted octanol–water partition coefficient (Wildman–Crippen LogP) is -0.304. The number of hydrogen-bond donors (Lipinski definition) is 3. The normalized spacial score (nSPS) is 23.5. The smallest absolute Gasteiger partial charge is 0.0445 e. The number of rotatable bonds is 3. The van der Waals surface area contributed by atoms with Crippen LogP contribution in [0.5, 0.6) is 0 Å². The van der Waals surface area contributed by atoms with E-state index in [1.54, 1.807) is 0 Å². The first-order chi connectivity index (χ1) is 5.34. The van der Waals surface area contributed by atoms with Crippen molar-refractivity contribution in [3.8, 4) is 0 Å². The SMILES string of the molecule is N[C@H](CCO)C1CCNCC1. The summed E-state index contributed by atoms with van der Waals surface area (Å²) in [5, 5.41) is 12.0. The van der Waals surface area contributed by atoms with Crippen LogP contribution in [0.15, 0.2) is 0 Å². The average Bonchev–Trinajstić information content (AvgIpc) is 2.07. The number of nitrogens with two attached hydrogens (primary N) is 1. The van der Waals surface area contributed by atoms with Crippen molar-refractivity contribution in [2.24, 2.45) is 11.7 Å². The highest BCUT2D eigenvalue weighted by atomic mass is 16.3. The Balaban J connectivity index is 2.21. The summed E-state index contributed by atoms with van der Waals surface area (Å²) in [5.41, 5.74) is 5.87. The Labute approximate surface area is 68.0 Å². The third-order valence-electron chi connectivity index (χ3n) is 2.45. The first-order valence-corrected chi connectivity index (χ1v) is 4.41. The molecule has 1 aliphatic rings. The van der Waals surface area contributed by atoms with Crippen molar-refractivity contribution in [1.82, 2.24) is 5.32 Å². The molecular weight excluding hydrogens is 140 g/mol. The summed E-state index contributed by atoms with van der Waals surface area (Å²) < 4.78 is 0. The largest absolute Gasteiger partial charge is 0.396 e. The molecule has 0 aromatic carbocycles. The molecule has 0 aromatic heterocycles. The van der Waals surface area contributed by atoms with E-state index in [0.717, 1.165) is 19.5 Å². The van der Waals surface area contributed by atoms with Gasteiger partial charge in [-0.3, -0.25) is 0 Å². The summed E-state index contributed by atoms with van der Waals surface area (Å²) in [6.45, 7) is 2.40. The van der Waals surface area contributed by atoms with Gasteiger partial charge >= 0.3 is 0 Å². The topological polar surface area (TPSA) is 58.3 Å². The van der Waals surface area contributed by atoms with Crippen LogP contribution in [0.4, 0.5) is 0 Å². The van der Waals surface area contributed by atoms with Crippen molar-refractivity contribution >= 4 is 0 Å². The van der Waals surface area contributed by atoms with Gasteiger partial charge in [-0.25, -0.2) is 0 Å². The number of nitrogens with one attached hydrogen (secondary N) is 1. The first-order valence-electron chi connectivity index (χ1n) is 4.41. The monoisotopic (exact) mass is 158 g/mol. The van der Waals surface area contributed by atoms with Crippen LogP contribution in [0.2, 0.25) is 0 Å². The molecular formula is C8H18N2O. The van der Waals surface area contributed by atoms with Crippen LogP contribution in [-0.4, -0.2) is 30.8 Å². The van der Waals surface area contributed by atoms with Gasteiger partial charge in [-0.15, -0.1) is 0 Å². The van der Waals surface area contributed by atoms with Gasteiger partial charge in [0.25, 0.3) is 0 Å². The quantitative estimate of drug-likeness (QED) is 0.528. The molecule has 0 spiro atoms. The van der Waals surface area contributed by atoms with Crippen molar-refractivity contribution in [1.29, 1.82) is 0 Å². The van der Waals surface area contributed by atoms with Crippen molar-refractivity contribution in [2.75, 3.05) is 19.7 Å². The maximum atomic E-state index is 8.67. The van der Waals surface area contributed by atoms with E-state index < -0.39 is 0 Å². The van der Waals surface area contributed by atoms with Gasteiger partial charge in [-0.1, -0.05) is 0 Å². The fraction of sp³-hybridized carbons (Fsp3) is 1.00. The summed E-state index contributed by atoms with van der Waals surface area (Å²) in [7, 11) is 0. The zero-order valence-corrected chi connectivity index (χ0v) is 6.92. The van der Waals surface area contributed by atoms with E-state index in [1.807, 2.05) is 0 Å². The molecule has 4 N–H and O–H groups in total. The Morgan fingerprint density at radius 2 is 2.09 bits per heavy atom. The fourth-order valence-corrected chi connectivity index (χ4v) is 1.66. The van der Waals surface area contributed by atoms with Gasteiger partial charge in [0.05, 0.1) is 0 Å². The fourth-order valence-electron chi connectivity index (χ4n) is 1.66. The standard InChI is InChI=1S/C8H18N2O/c9-8(3-6-11)7-1-4-10-5-2-7/h7-8,10-11H,1-6,9H2/t8-/m1/s1. The van der Waals surface area contributed by atoms with Crippen LogP contribution in [-0.2, 0) is 0 Å². The lowest BCUT2D eigenvalue weighted by molar-refractivity contribution is 0.235. The molecule has 3 nitrogen and oxygen atoms in total. The van der Waals surface area contributed by atoms with Crippen molar-refractivity contribution in [3.63, 3.8) is 0 Å². The average molecular weight is 158 g/mol. The van der Waals surface area contributed by atoms with Gasteiger partial charge in [0.2, 0.25) is 0 Å². The van der Waals surface area contributed by atoms with E-state index in [-0.39, 0.29) is 12.6 Å². The third kappa shape index (κ3) is 2.77. The highest BCUT2D eigenvalue weighted by molar-refractivity contribution is 4.77. The molecule has 66 valence electrons. The predicted molar refractivity (Wildman–Crippen MR) is 45.3 cm³/mol. The molecule has 0 amide bonds. The second-order valence-electron chi connectivity index (χ2n) is 3.26. The summed E-state index contributed by atoms with van der Waals surface area (Å²) >= 11 is 0. The lowest BCUT2D eigenvalue weighted by Gasteiger charge is -2.27. The van der Waals surface area contributed by atoms with Crippen molar-refractivity contribution in [2.45, 2.75) is 25.3 Å². The molecule has 1 aliphatic heterocycles. The number of hydrogen-bond acceptors (Lipinski definition) is 3. The molecule has 0 bridgehead atoms. The van der Waals surface area contributed by atoms with Crippen molar-refractivity contribution in [3.05, 3.63) is 0 Å². The van der Waals surface area contributed by atoms with Crippen LogP contribution in [0, 0.1) is 5.92 Å². The first kappa shape index (κ1) is 8.97. The van der Waals surface area contributed by atoms with Crippen LogP contribution >= 0.6 is 0 Å².